The molecule has 1 aliphatic rings. The van der Waals surface area contributed by atoms with Crippen LogP contribution in [0.2, 0.25) is 0 Å². The summed E-state index contributed by atoms with van der Waals surface area (Å²) in [4.78, 5) is 14.1. The molecule has 9 heteroatoms. The number of methoxy groups -OCH3 is 1. The predicted octanol–water partition coefficient (Wildman–Crippen LogP) is 1.23. The van der Waals surface area contributed by atoms with E-state index in [2.05, 4.69) is 5.32 Å². The highest BCUT2D eigenvalue weighted by molar-refractivity contribution is 7.89. The minimum Gasteiger partial charge on any atom is -0.385 e. The van der Waals surface area contributed by atoms with E-state index in [9.17, 15) is 13.2 Å². The van der Waals surface area contributed by atoms with Crippen LogP contribution < -0.4 is 5.32 Å². The fraction of sp³-hybridized carbons (Fsp3) is 0.500. The van der Waals surface area contributed by atoms with Gasteiger partial charge in [-0.05, 0) is 30.7 Å². The van der Waals surface area contributed by atoms with E-state index in [-0.39, 0.29) is 6.03 Å². The number of nitrogens with one attached hydrogen (secondary N) is 1. The highest BCUT2D eigenvalue weighted by atomic mass is 32.2. The number of aromatic nitrogens is 1. The second kappa shape index (κ2) is 8.28. The summed E-state index contributed by atoms with van der Waals surface area (Å²) in [6.07, 6.45) is 2.66. The van der Waals surface area contributed by atoms with Gasteiger partial charge in [0, 0.05) is 70.6 Å². The monoisotopic (exact) mass is 394 g/mol. The number of sulfonamides is 1. The van der Waals surface area contributed by atoms with Gasteiger partial charge in [-0.25, -0.2) is 13.2 Å². The fourth-order valence-corrected chi connectivity index (χ4v) is 4.68. The van der Waals surface area contributed by atoms with Crippen LogP contribution in [-0.2, 0) is 21.8 Å². The molecule has 2 aromatic rings. The summed E-state index contributed by atoms with van der Waals surface area (Å²) in [5.41, 5.74) is 0.990. The first-order valence-electron chi connectivity index (χ1n) is 9.00. The lowest BCUT2D eigenvalue weighted by molar-refractivity contribution is 0.168. The Kier molecular flexibility index (Phi) is 6.03. The molecular formula is C18H26N4O4S. The summed E-state index contributed by atoms with van der Waals surface area (Å²) in [5.74, 6) is 0. The van der Waals surface area contributed by atoms with Crippen LogP contribution in [0.1, 0.15) is 6.42 Å². The summed E-state index contributed by atoms with van der Waals surface area (Å²) >= 11 is 0. The normalized spacial score (nSPS) is 16.0. The van der Waals surface area contributed by atoms with E-state index in [1.807, 2.05) is 29.9 Å². The molecule has 1 aliphatic heterocycles. The topological polar surface area (TPSA) is 83.9 Å². The van der Waals surface area contributed by atoms with Crippen molar-refractivity contribution >= 4 is 27.0 Å². The minimum atomic E-state index is -3.57. The van der Waals surface area contributed by atoms with Gasteiger partial charge >= 0.3 is 6.03 Å². The number of urea groups is 1. The summed E-state index contributed by atoms with van der Waals surface area (Å²) in [7, 11) is -0.0198. The number of hydrogen-bond acceptors (Lipinski definition) is 4. The Balaban J connectivity index is 1.61. The highest BCUT2D eigenvalue weighted by Gasteiger charge is 2.30. The first-order valence-corrected chi connectivity index (χ1v) is 10.4. The molecule has 1 aromatic carbocycles. The minimum absolute atomic E-state index is 0.158. The molecule has 0 unspecified atom stereocenters. The fourth-order valence-electron chi connectivity index (χ4n) is 3.22. The van der Waals surface area contributed by atoms with Crippen LogP contribution in [0.4, 0.5) is 4.79 Å². The second-order valence-corrected chi connectivity index (χ2v) is 8.55. The van der Waals surface area contributed by atoms with Gasteiger partial charge in [-0.3, -0.25) is 0 Å². The Morgan fingerprint density at radius 2 is 1.93 bits per heavy atom. The molecule has 148 valence electrons. The molecule has 0 bridgehead atoms. The first kappa shape index (κ1) is 19.7. The molecule has 0 radical (unpaired) electrons. The van der Waals surface area contributed by atoms with E-state index in [0.717, 1.165) is 17.3 Å². The van der Waals surface area contributed by atoms with E-state index in [1.54, 1.807) is 24.1 Å². The molecule has 0 aliphatic carbocycles. The molecule has 2 heterocycles. The standard InChI is InChI=1S/C18H26N4O4S/c1-20-8-6-15-14-16(4-5-17(15)20)27(24,25)22-11-9-21(10-12-22)18(23)19-7-3-13-26-2/h4-6,8,14H,3,7,9-13H2,1-2H3,(H,19,23). The van der Waals surface area contributed by atoms with Gasteiger partial charge in [-0.2, -0.15) is 4.31 Å². The molecule has 1 fully saturated rings. The number of benzene rings is 1. The van der Waals surface area contributed by atoms with Crippen LogP contribution in [0.5, 0.6) is 0 Å². The molecule has 1 aromatic heterocycles. The first-order chi connectivity index (χ1) is 12.9. The van der Waals surface area contributed by atoms with Crippen LogP contribution >= 0.6 is 0 Å². The molecule has 0 saturated carbocycles. The Morgan fingerprint density at radius 3 is 2.63 bits per heavy atom. The zero-order valence-electron chi connectivity index (χ0n) is 15.7. The molecule has 0 spiro atoms. The van der Waals surface area contributed by atoms with Crippen LogP contribution in [0.25, 0.3) is 10.9 Å². The number of piperazine rings is 1. The third-order valence-electron chi connectivity index (χ3n) is 4.82. The predicted molar refractivity (Wildman–Crippen MR) is 103 cm³/mol. The number of aryl methyl sites for hydroxylation is 1. The largest absolute Gasteiger partial charge is 0.385 e. The summed E-state index contributed by atoms with van der Waals surface area (Å²) in [5, 5.41) is 3.73. The maximum atomic E-state index is 12.9. The van der Waals surface area contributed by atoms with E-state index in [1.165, 1.54) is 4.31 Å². The Morgan fingerprint density at radius 1 is 1.19 bits per heavy atom. The van der Waals surface area contributed by atoms with Gasteiger partial charge in [0.05, 0.1) is 4.90 Å². The lowest BCUT2D eigenvalue weighted by atomic mass is 10.2. The number of carbonyl (C=O) groups excluding carboxylic acids is 1. The number of carbonyl (C=O) groups is 1. The van der Waals surface area contributed by atoms with Crippen molar-refractivity contribution in [2.24, 2.45) is 7.05 Å². The van der Waals surface area contributed by atoms with Crippen LogP contribution in [0.3, 0.4) is 0 Å². The zero-order valence-corrected chi connectivity index (χ0v) is 16.5. The third-order valence-corrected chi connectivity index (χ3v) is 6.72. The van der Waals surface area contributed by atoms with Gasteiger partial charge in [0.15, 0.2) is 0 Å². The van der Waals surface area contributed by atoms with Crippen LogP contribution in [-0.4, -0.2) is 74.7 Å². The SMILES string of the molecule is COCCCNC(=O)N1CCN(S(=O)(=O)c2ccc3c(ccn3C)c2)CC1. The van der Waals surface area contributed by atoms with Crippen molar-refractivity contribution in [1.29, 1.82) is 0 Å². The molecule has 27 heavy (non-hydrogen) atoms. The number of rotatable bonds is 6. The van der Waals surface area contributed by atoms with Gasteiger partial charge in [0.1, 0.15) is 0 Å². The maximum Gasteiger partial charge on any atom is 0.317 e. The number of amides is 2. The summed E-state index contributed by atoms with van der Waals surface area (Å²) < 4.78 is 34.2. The molecule has 1 saturated heterocycles. The van der Waals surface area contributed by atoms with Crippen LogP contribution in [0.15, 0.2) is 35.4 Å². The maximum absolute atomic E-state index is 12.9. The van der Waals surface area contributed by atoms with Crippen molar-refractivity contribution in [3.05, 3.63) is 30.5 Å². The Labute approximate surface area is 159 Å². The van der Waals surface area contributed by atoms with Gasteiger partial charge in [-0.1, -0.05) is 0 Å². The van der Waals surface area contributed by atoms with Crippen molar-refractivity contribution in [3.63, 3.8) is 0 Å². The lowest BCUT2D eigenvalue weighted by Gasteiger charge is -2.34. The van der Waals surface area contributed by atoms with Gasteiger partial charge in [0.2, 0.25) is 10.0 Å². The van der Waals surface area contributed by atoms with Crippen molar-refractivity contribution < 1.29 is 17.9 Å². The van der Waals surface area contributed by atoms with E-state index in [0.29, 0.717) is 44.2 Å². The molecule has 0 atom stereocenters. The second-order valence-electron chi connectivity index (χ2n) is 6.62. The quantitative estimate of drug-likeness (QED) is 0.747. The average Bonchev–Trinajstić information content (AvgIpc) is 3.05. The number of fused-ring (bicyclic) bond motifs is 1. The van der Waals surface area contributed by atoms with E-state index < -0.39 is 10.0 Å². The number of hydrogen-bond donors (Lipinski definition) is 1. The summed E-state index contributed by atoms with van der Waals surface area (Å²) in [6, 6.07) is 6.92. The van der Waals surface area contributed by atoms with Crippen LogP contribution in [0, 0.1) is 0 Å². The smallest absolute Gasteiger partial charge is 0.317 e. The van der Waals surface area contributed by atoms with Crippen molar-refractivity contribution in [3.8, 4) is 0 Å². The molecule has 3 rings (SSSR count). The lowest BCUT2D eigenvalue weighted by Crippen LogP contribution is -2.53. The highest BCUT2D eigenvalue weighted by Crippen LogP contribution is 2.23. The Bertz CT molecular complexity index is 901. The molecule has 1 N–H and O–H groups in total. The van der Waals surface area contributed by atoms with E-state index in [4.69, 9.17) is 4.74 Å². The van der Waals surface area contributed by atoms with Crippen molar-refractivity contribution in [1.82, 2.24) is 19.1 Å². The van der Waals surface area contributed by atoms with Crippen molar-refractivity contribution in [2.75, 3.05) is 46.4 Å². The number of nitrogens with zero attached hydrogens (tertiary/aromatic N) is 3. The molecular weight excluding hydrogens is 368 g/mol. The van der Waals surface area contributed by atoms with Gasteiger partial charge in [0.25, 0.3) is 0 Å². The van der Waals surface area contributed by atoms with Gasteiger partial charge in [-0.15, -0.1) is 0 Å². The zero-order chi connectivity index (χ0) is 19.4. The number of ether oxygens (including phenoxy) is 1. The van der Waals surface area contributed by atoms with E-state index >= 15 is 0 Å². The molecule has 2 amide bonds. The summed E-state index contributed by atoms with van der Waals surface area (Å²) in [6.45, 7) is 2.48. The Hall–Kier alpha value is -2.10. The average molecular weight is 394 g/mol. The van der Waals surface area contributed by atoms with Crippen molar-refractivity contribution in [2.45, 2.75) is 11.3 Å². The molecule has 8 nitrogen and oxygen atoms in total. The third kappa shape index (κ3) is 4.26. The van der Waals surface area contributed by atoms with Gasteiger partial charge < -0.3 is 19.5 Å².